The van der Waals surface area contributed by atoms with Crippen LogP contribution in [0, 0.1) is 0 Å². The third-order valence-corrected chi connectivity index (χ3v) is 4.64. The van der Waals surface area contributed by atoms with E-state index in [4.69, 9.17) is 0 Å². The highest BCUT2D eigenvalue weighted by Crippen LogP contribution is 2.32. The number of hydrogen-bond acceptors (Lipinski definition) is 4. The lowest BCUT2D eigenvalue weighted by atomic mass is 9.90. The number of carboxylic acids is 1. The monoisotopic (exact) mass is 270 g/mol. The van der Waals surface area contributed by atoms with E-state index in [1.807, 2.05) is 12.4 Å². The van der Waals surface area contributed by atoms with Crippen LogP contribution in [0.3, 0.4) is 0 Å². The van der Waals surface area contributed by atoms with Crippen molar-refractivity contribution in [2.75, 3.05) is 11.9 Å². The van der Waals surface area contributed by atoms with E-state index in [-0.39, 0.29) is 5.54 Å². The zero-order chi connectivity index (χ0) is 14.1. The molecule has 1 aromatic heterocycles. The van der Waals surface area contributed by atoms with Crippen molar-refractivity contribution in [2.24, 2.45) is 0 Å². The van der Waals surface area contributed by atoms with Crippen molar-refractivity contribution in [1.82, 2.24) is 4.98 Å². The van der Waals surface area contributed by atoms with Gasteiger partial charge in [0.15, 0.2) is 5.13 Å². The van der Waals surface area contributed by atoms with Gasteiger partial charge >= 0.3 is 5.97 Å². The van der Waals surface area contributed by atoms with Crippen molar-refractivity contribution >= 4 is 22.4 Å². The Bertz CT molecular complexity index is 438. The number of carbonyl (C=O) groups is 1. The first-order valence-corrected chi connectivity index (χ1v) is 6.94. The van der Waals surface area contributed by atoms with E-state index in [9.17, 15) is 9.90 Å². The molecule has 0 saturated carbocycles. The summed E-state index contributed by atoms with van der Waals surface area (Å²) in [5.74, 6) is -0.850. The molecule has 0 spiro atoms. The summed E-state index contributed by atoms with van der Waals surface area (Å²) in [6, 6.07) is 0. The van der Waals surface area contributed by atoms with Crippen molar-refractivity contribution in [1.29, 1.82) is 0 Å². The van der Waals surface area contributed by atoms with Gasteiger partial charge in [0.05, 0.1) is 5.69 Å². The Morgan fingerprint density at radius 2 is 2.00 bits per heavy atom. The summed E-state index contributed by atoms with van der Waals surface area (Å²) in [4.78, 5) is 17.8. The molecule has 0 radical (unpaired) electrons. The van der Waals surface area contributed by atoms with E-state index >= 15 is 0 Å². The summed E-state index contributed by atoms with van der Waals surface area (Å²) >= 11 is 1.50. The maximum absolute atomic E-state index is 11.2. The molecule has 0 aliphatic rings. The Hall–Kier alpha value is -1.10. The molecule has 0 unspecified atom stereocenters. The van der Waals surface area contributed by atoms with E-state index < -0.39 is 11.4 Å². The van der Waals surface area contributed by atoms with Crippen LogP contribution in [0.2, 0.25) is 0 Å². The molecule has 5 heteroatoms. The molecule has 0 aliphatic carbocycles. The van der Waals surface area contributed by atoms with Crippen molar-refractivity contribution in [3.8, 4) is 0 Å². The van der Waals surface area contributed by atoms with Gasteiger partial charge in [-0.1, -0.05) is 6.92 Å². The molecule has 4 nitrogen and oxygen atoms in total. The van der Waals surface area contributed by atoms with E-state index in [1.54, 1.807) is 13.8 Å². The lowest BCUT2D eigenvalue weighted by Gasteiger charge is -2.34. The molecule has 0 saturated heterocycles. The van der Waals surface area contributed by atoms with Crippen LogP contribution in [0.1, 0.15) is 46.7 Å². The van der Waals surface area contributed by atoms with Gasteiger partial charge in [0.25, 0.3) is 0 Å². The Balaban J connectivity index is 3.04. The molecule has 1 N–H and O–H groups in total. The SMILES string of the molecule is CCC(C)(C)N(C)c1nc(C(C)(C)C(=O)O)cs1. The average Bonchev–Trinajstić information content (AvgIpc) is 2.77. The normalized spacial score (nSPS) is 12.6. The lowest BCUT2D eigenvalue weighted by molar-refractivity contribution is -0.142. The van der Waals surface area contributed by atoms with Crippen LogP contribution in [0.15, 0.2) is 5.38 Å². The van der Waals surface area contributed by atoms with Crippen LogP contribution in [-0.4, -0.2) is 28.6 Å². The molecule has 0 aromatic carbocycles. The minimum absolute atomic E-state index is 0.0164. The molecule has 0 amide bonds. The predicted octanol–water partition coefficient (Wildman–Crippen LogP) is 3.13. The zero-order valence-electron chi connectivity index (χ0n) is 11.9. The summed E-state index contributed by atoms with van der Waals surface area (Å²) in [5, 5.41) is 11.9. The number of hydrogen-bond donors (Lipinski definition) is 1. The zero-order valence-corrected chi connectivity index (χ0v) is 12.8. The molecule has 102 valence electrons. The highest BCUT2D eigenvalue weighted by Gasteiger charge is 2.33. The summed E-state index contributed by atoms with van der Waals surface area (Å²) in [6.07, 6.45) is 1.00. The van der Waals surface area contributed by atoms with Gasteiger partial charge in [-0.3, -0.25) is 4.79 Å². The first-order valence-electron chi connectivity index (χ1n) is 6.06. The van der Waals surface area contributed by atoms with Gasteiger partial charge < -0.3 is 10.0 Å². The molecular formula is C13H22N2O2S. The molecular weight excluding hydrogens is 248 g/mol. The van der Waals surface area contributed by atoms with E-state index in [0.717, 1.165) is 11.6 Å². The van der Waals surface area contributed by atoms with Gasteiger partial charge in [-0.05, 0) is 34.1 Å². The first-order chi connectivity index (χ1) is 8.13. The first kappa shape index (κ1) is 15.0. The smallest absolute Gasteiger partial charge is 0.315 e. The summed E-state index contributed by atoms with van der Waals surface area (Å²) < 4.78 is 0. The molecule has 18 heavy (non-hydrogen) atoms. The largest absolute Gasteiger partial charge is 0.481 e. The second-order valence-corrected chi connectivity index (χ2v) is 6.51. The van der Waals surface area contributed by atoms with E-state index in [1.165, 1.54) is 11.3 Å². The van der Waals surface area contributed by atoms with Crippen molar-refractivity contribution in [2.45, 2.75) is 52.0 Å². The van der Waals surface area contributed by atoms with Crippen LogP contribution in [0.25, 0.3) is 0 Å². The quantitative estimate of drug-likeness (QED) is 0.893. The molecule has 0 aliphatic heterocycles. The fraction of sp³-hybridized carbons (Fsp3) is 0.692. The molecule has 1 heterocycles. The minimum Gasteiger partial charge on any atom is -0.481 e. The number of aromatic nitrogens is 1. The van der Waals surface area contributed by atoms with Crippen LogP contribution >= 0.6 is 11.3 Å². The fourth-order valence-electron chi connectivity index (χ4n) is 1.31. The topological polar surface area (TPSA) is 53.4 Å². The predicted molar refractivity (Wildman–Crippen MR) is 75.5 cm³/mol. The maximum atomic E-state index is 11.2. The average molecular weight is 270 g/mol. The third kappa shape index (κ3) is 2.66. The Morgan fingerprint density at radius 3 is 2.44 bits per heavy atom. The lowest BCUT2D eigenvalue weighted by Crippen LogP contribution is -2.40. The second-order valence-electron chi connectivity index (χ2n) is 5.67. The number of aliphatic carboxylic acids is 1. The van der Waals surface area contributed by atoms with Crippen molar-refractivity contribution in [3.05, 3.63) is 11.1 Å². The van der Waals surface area contributed by atoms with Gasteiger partial charge in [0.1, 0.15) is 5.41 Å². The molecule has 1 aromatic rings. The van der Waals surface area contributed by atoms with E-state index in [0.29, 0.717) is 5.69 Å². The summed E-state index contributed by atoms with van der Waals surface area (Å²) in [5.41, 5.74) is -0.303. The molecule has 0 atom stereocenters. The van der Waals surface area contributed by atoms with Crippen LogP contribution < -0.4 is 4.90 Å². The van der Waals surface area contributed by atoms with Gasteiger partial charge in [0, 0.05) is 18.0 Å². The second kappa shape index (κ2) is 4.88. The highest BCUT2D eigenvalue weighted by molar-refractivity contribution is 7.13. The van der Waals surface area contributed by atoms with Crippen molar-refractivity contribution < 1.29 is 9.90 Å². The molecule has 0 bridgehead atoms. The van der Waals surface area contributed by atoms with Gasteiger partial charge in [-0.25, -0.2) is 4.98 Å². The maximum Gasteiger partial charge on any atom is 0.315 e. The number of carboxylic acid groups (broad SMARTS) is 1. The third-order valence-electron chi connectivity index (χ3n) is 3.73. The standard InChI is InChI=1S/C13H22N2O2S/c1-7-12(2,3)15(6)11-14-9(8-18-11)13(4,5)10(16)17/h8H,7H2,1-6H3,(H,16,17). The number of rotatable bonds is 5. The summed E-state index contributed by atoms with van der Waals surface area (Å²) in [7, 11) is 2.00. The minimum atomic E-state index is -0.939. The molecule has 0 fully saturated rings. The van der Waals surface area contributed by atoms with Crippen LogP contribution in [0.5, 0.6) is 0 Å². The number of thiazole rings is 1. The van der Waals surface area contributed by atoms with Crippen LogP contribution in [0.4, 0.5) is 5.13 Å². The summed E-state index contributed by atoms with van der Waals surface area (Å²) in [6.45, 7) is 9.79. The highest BCUT2D eigenvalue weighted by atomic mass is 32.1. The van der Waals surface area contributed by atoms with Gasteiger partial charge in [-0.2, -0.15) is 0 Å². The fourth-order valence-corrected chi connectivity index (χ4v) is 2.43. The molecule has 1 rings (SSSR count). The van der Waals surface area contributed by atoms with E-state index in [2.05, 4.69) is 30.7 Å². The van der Waals surface area contributed by atoms with Crippen molar-refractivity contribution in [3.63, 3.8) is 0 Å². The number of nitrogens with zero attached hydrogens (tertiary/aromatic N) is 2. The Kier molecular flexibility index (Phi) is 4.05. The Labute approximate surface area is 113 Å². The van der Waals surface area contributed by atoms with Gasteiger partial charge in [-0.15, -0.1) is 11.3 Å². The Morgan fingerprint density at radius 1 is 1.44 bits per heavy atom. The van der Waals surface area contributed by atoms with Crippen LogP contribution in [-0.2, 0) is 10.2 Å². The van der Waals surface area contributed by atoms with Gasteiger partial charge in [0.2, 0.25) is 0 Å². The number of anilines is 1.